The van der Waals surface area contributed by atoms with Crippen LogP contribution in [0.1, 0.15) is 28.9 Å². The van der Waals surface area contributed by atoms with E-state index in [2.05, 4.69) is 5.32 Å². The number of amides is 1. The fourth-order valence-corrected chi connectivity index (χ4v) is 1.95. The first kappa shape index (κ1) is 14.9. The van der Waals surface area contributed by atoms with Crippen LogP contribution in [0.4, 0.5) is 18.9 Å². The van der Waals surface area contributed by atoms with Crippen LogP contribution in [-0.4, -0.2) is 5.91 Å². The SMILES string of the molecule is CC(NC(=O)c1c(F)ccc(N)c1F)c1ccccc1F. The van der Waals surface area contributed by atoms with Gasteiger partial charge in [-0.05, 0) is 25.1 Å². The van der Waals surface area contributed by atoms with Gasteiger partial charge in [-0.1, -0.05) is 18.2 Å². The summed E-state index contributed by atoms with van der Waals surface area (Å²) in [6.45, 7) is 1.51. The predicted molar refractivity (Wildman–Crippen MR) is 73.1 cm³/mol. The van der Waals surface area contributed by atoms with E-state index in [1.165, 1.54) is 25.1 Å². The van der Waals surface area contributed by atoms with Crippen molar-refractivity contribution in [2.45, 2.75) is 13.0 Å². The maximum Gasteiger partial charge on any atom is 0.257 e. The molecule has 2 rings (SSSR count). The normalized spacial score (nSPS) is 12.0. The van der Waals surface area contributed by atoms with E-state index in [0.717, 1.165) is 12.1 Å². The lowest BCUT2D eigenvalue weighted by atomic mass is 10.1. The molecule has 3 N–H and O–H groups in total. The van der Waals surface area contributed by atoms with Crippen LogP contribution < -0.4 is 11.1 Å². The minimum atomic E-state index is -1.13. The largest absolute Gasteiger partial charge is 0.396 e. The summed E-state index contributed by atoms with van der Waals surface area (Å²) in [7, 11) is 0. The molecule has 0 saturated carbocycles. The molecule has 0 aliphatic heterocycles. The number of carbonyl (C=O) groups excluding carboxylic acids is 1. The van der Waals surface area contributed by atoms with Gasteiger partial charge in [-0.15, -0.1) is 0 Å². The number of benzene rings is 2. The van der Waals surface area contributed by atoms with Gasteiger partial charge in [0.1, 0.15) is 17.2 Å². The van der Waals surface area contributed by atoms with E-state index >= 15 is 0 Å². The van der Waals surface area contributed by atoms with Crippen LogP contribution in [0.3, 0.4) is 0 Å². The summed E-state index contributed by atoms with van der Waals surface area (Å²) in [6, 6.07) is 7.00. The van der Waals surface area contributed by atoms with Gasteiger partial charge in [-0.25, -0.2) is 13.2 Å². The predicted octanol–water partition coefficient (Wildman–Crippen LogP) is 3.18. The molecule has 2 aromatic carbocycles. The maximum atomic E-state index is 13.7. The van der Waals surface area contributed by atoms with Gasteiger partial charge >= 0.3 is 0 Å². The van der Waals surface area contributed by atoms with Gasteiger partial charge < -0.3 is 11.1 Å². The van der Waals surface area contributed by atoms with Crippen molar-refractivity contribution in [2.24, 2.45) is 0 Å². The Morgan fingerprint density at radius 3 is 2.43 bits per heavy atom. The third kappa shape index (κ3) is 2.99. The summed E-state index contributed by atoms with van der Waals surface area (Å²) >= 11 is 0. The highest BCUT2D eigenvalue weighted by Crippen LogP contribution is 2.21. The molecule has 110 valence electrons. The molecule has 21 heavy (non-hydrogen) atoms. The van der Waals surface area contributed by atoms with E-state index in [1.54, 1.807) is 6.07 Å². The Balaban J connectivity index is 2.27. The molecular weight excluding hydrogens is 281 g/mol. The summed E-state index contributed by atoms with van der Waals surface area (Å²) in [5.41, 5.74) is 4.42. The summed E-state index contributed by atoms with van der Waals surface area (Å²) < 4.78 is 40.9. The van der Waals surface area contributed by atoms with Gasteiger partial charge in [0, 0.05) is 5.56 Å². The molecule has 0 radical (unpaired) electrons. The van der Waals surface area contributed by atoms with E-state index < -0.39 is 35.0 Å². The number of nitrogens with two attached hydrogens (primary N) is 1. The van der Waals surface area contributed by atoms with Crippen LogP contribution in [0.25, 0.3) is 0 Å². The Morgan fingerprint density at radius 2 is 1.76 bits per heavy atom. The van der Waals surface area contributed by atoms with Crippen molar-refractivity contribution in [1.29, 1.82) is 0 Å². The van der Waals surface area contributed by atoms with Crippen molar-refractivity contribution in [3.8, 4) is 0 Å². The summed E-state index contributed by atoms with van der Waals surface area (Å²) in [4.78, 5) is 12.0. The number of rotatable bonds is 3. The van der Waals surface area contributed by atoms with Crippen LogP contribution in [0, 0.1) is 17.5 Å². The van der Waals surface area contributed by atoms with Gasteiger partial charge in [-0.2, -0.15) is 0 Å². The van der Waals surface area contributed by atoms with Crippen LogP contribution in [0.5, 0.6) is 0 Å². The molecule has 1 amide bonds. The van der Waals surface area contributed by atoms with Crippen LogP contribution in [-0.2, 0) is 0 Å². The first-order valence-corrected chi connectivity index (χ1v) is 6.20. The molecule has 0 bridgehead atoms. The van der Waals surface area contributed by atoms with Crippen molar-refractivity contribution in [1.82, 2.24) is 5.32 Å². The lowest BCUT2D eigenvalue weighted by molar-refractivity contribution is 0.0931. The molecule has 1 unspecified atom stereocenters. The molecule has 0 aliphatic rings. The van der Waals surface area contributed by atoms with Crippen LogP contribution >= 0.6 is 0 Å². The minimum Gasteiger partial charge on any atom is -0.396 e. The van der Waals surface area contributed by atoms with Crippen LogP contribution in [0.15, 0.2) is 36.4 Å². The average molecular weight is 294 g/mol. The molecule has 0 aliphatic carbocycles. The smallest absolute Gasteiger partial charge is 0.257 e. The van der Waals surface area contributed by atoms with Gasteiger partial charge in [0.15, 0.2) is 5.82 Å². The lowest BCUT2D eigenvalue weighted by Gasteiger charge is -2.16. The fraction of sp³-hybridized carbons (Fsp3) is 0.133. The first-order chi connectivity index (χ1) is 9.91. The highest BCUT2D eigenvalue weighted by molar-refractivity contribution is 5.95. The Bertz CT molecular complexity index is 689. The minimum absolute atomic E-state index is 0.218. The second kappa shape index (κ2) is 5.87. The monoisotopic (exact) mass is 294 g/mol. The Labute approximate surface area is 119 Å². The Kier molecular flexibility index (Phi) is 4.16. The number of carbonyl (C=O) groups is 1. The number of nitrogen functional groups attached to an aromatic ring is 1. The molecule has 2 aromatic rings. The van der Waals surface area contributed by atoms with Gasteiger partial charge in [0.2, 0.25) is 0 Å². The molecule has 3 nitrogen and oxygen atoms in total. The van der Waals surface area contributed by atoms with Gasteiger partial charge in [-0.3, -0.25) is 4.79 Å². The first-order valence-electron chi connectivity index (χ1n) is 6.20. The maximum absolute atomic E-state index is 13.7. The summed E-state index contributed by atoms with van der Waals surface area (Å²) in [5, 5.41) is 2.35. The summed E-state index contributed by atoms with van der Waals surface area (Å²) in [6.07, 6.45) is 0. The second-order valence-corrected chi connectivity index (χ2v) is 4.54. The van der Waals surface area contributed by atoms with Crippen molar-refractivity contribution in [3.05, 3.63) is 65.0 Å². The van der Waals surface area contributed by atoms with Gasteiger partial charge in [0.25, 0.3) is 5.91 Å². The molecule has 0 heterocycles. The fourth-order valence-electron chi connectivity index (χ4n) is 1.95. The van der Waals surface area contributed by atoms with E-state index in [0.29, 0.717) is 0 Å². The highest BCUT2D eigenvalue weighted by Gasteiger charge is 2.22. The average Bonchev–Trinajstić information content (AvgIpc) is 2.43. The standard InChI is InChI=1S/C15H13F3N2O/c1-8(9-4-2-3-5-10(9)16)20-15(21)13-11(17)6-7-12(19)14(13)18/h2-8H,19H2,1H3,(H,20,21). The van der Waals surface area contributed by atoms with Crippen molar-refractivity contribution < 1.29 is 18.0 Å². The highest BCUT2D eigenvalue weighted by atomic mass is 19.1. The quantitative estimate of drug-likeness (QED) is 0.854. The Hall–Kier alpha value is -2.50. The zero-order valence-corrected chi connectivity index (χ0v) is 11.2. The zero-order valence-electron chi connectivity index (χ0n) is 11.2. The molecule has 0 aromatic heterocycles. The van der Waals surface area contributed by atoms with E-state index in [9.17, 15) is 18.0 Å². The summed E-state index contributed by atoms with van der Waals surface area (Å²) in [5.74, 6) is -3.67. The van der Waals surface area contributed by atoms with Crippen molar-refractivity contribution in [3.63, 3.8) is 0 Å². The number of nitrogens with one attached hydrogen (secondary N) is 1. The Morgan fingerprint density at radius 1 is 1.10 bits per heavy atom. The second-order valence-electron chi connectivity index (χ2n) is 4.54. The zero-order chi connectivity index (χ0) is 15.6. The number of hydrogen-bond acceptors (Lipinski definition) is 2. The van der Waals surface area contributed by atoms with Crippen LogP contribution in [0.2, 0.25) is 0 Å². The lowest BCUT2D eigenvalue weighted by Crippen LogP contribution is -2.29. The molecule has 1 atom stereocenters. The van der Waals surface area contributed by atoms with Crippen molar-refractivity contribution >= 4 is 11.6 Å². The molecule has 0 spiro atoms. The van der Waals surface area contributed by atoms with E-state index in [4.69, 9.17) is 5.73 Å². The molecule has 0 fully saturated rings. The number of halogens is 3. The third-order valence-electron chi connectivity index (χ3n) is 3.07. The van der Waals surface area contributed by atoms with E-state index in [-0.39, 0.29) is 11.3 Å². The molecule has 6 heteroatoms. The topological polar surface area (TPSA) is 55.1 Å². The van der Waals surface area contributed by atoms with E-state index in [1.807, 2.05) is 0 Å². The molecule has 0 saturated heterocycles. The number of hydrogen-bond donors (Lipinski definition) is 2. The van der Waals surface area contributed by atoms with Gasteiger partial charge in [0.05, 0.1) is 11.7 Å². The third-order valence-corrected chi connectivity index (χ3v) is 3.07. The van der Waals surface area contributed by atoms with Crippen molar-refractivity contribution in [2.75, 3.05) is 5.73 Å². The number of anilines is 1. The molecular formula is C15H13F3N2O.